The zero-order valence-corrected chi connectivity index (χ0v) is 15.1. The van der Waals surface area contributed by atoms with Gasteiger partial charge >= 0.3 is 0 Å². The lowest BCUT2D eigenvalue weighted by molar-refractivity contribution is -0.116. The number of benzene rings is 1. The van der Waals surface area contributed by atoms with Crippen LogP contribution in [0.2, 0.25) is 0 Å². The topological polar surface area (TPSA) is 63.6 Å². The molecule has 0 saturated carbocycles. The maximum absolute atomic E-state index is 12.4. The molecule has 1 N–H and O–H groups in total. The number of methoxy groups -OCH3 is 1. The van der Waals surface area contributed by atoms with Crippen LogP contribution in [-0.4, -0.2) is 35.6 Å². The number of piperidine rings is 1. The Morgan fingerprint density at radius 2 is 1.88 bits per heavy atom. The number of likely N-dealkylation sites (tertiary alicyclic amines) is 1. The molecule has 138 valence electrons. The van der Waals surface area contributed by atoms with Gasteiger partial charge in [0.1, 0.15) is 6.54 Å². The fourth-order valence-corrected chi connectivity index (χ4v) is 3.25. The number of amides is 1. The predicted octanol–water partition coefficient (Wildman–Crippen LogP) is 2.48. The summed E-state index contributed by atoms with van der Waals surface area (Å²) in [6, 6.07) is 10.9. The molecule has 0 bridgehead atoms. The number of hydrogen-bond donors (Lipinski definition) is 1. The van der Waals surface area contributed by atoms with Crippen molar-refractivity contribution in [3.63, 3.8) is 0 Å². The first-order chi connectivity index (χ1) is 12.7. The van der Waals surface area contributed by atoms with Crippen LogP contribution in [0.1, 0.15) is 25.0 Å². The number of anilines is 1. The molecule has 26 heavy (non-hydrogen) atoms. The van der Waals surface area contributed by atoms with Gasteiger partial charge < -0.3 is 14.6 Å². The molecule has 0 aliphatic carbocycles. The van der Waals surface area contributed by atoms with E-state index in [1.54, 1.807) is 12.3 Å². The molecule has 6 heteroatoms. The standard InChI is InChI=1S/C20H25N3O3/c1-26-19-14-23(15-20(25)21-16-8-4-2-5-9-16)17(12-18(19)24)13-22-10-6-3-7-11-22/h2,4-5,8-9,12,14H,3,6-7,10-11,13,15H2,1H3,(H,21,25). The Morgan fingerprint density at radius 1 is 1.15 bits per heavy atom. The number of pyridine rings is 1. The first-order valence-corrected chi connectivity index (χ1v) is 9.00. The van der Waals surface area contributed by atoms with Crippen molar-refractivity contribution in [1.82, 2.24) is 9.47 Å². The van der Waals surface area contributed by atoms with Gasteiger partial charge in [-0.2, -0.15) is 0 Å². The van der Waals surface area contributed by atoms with Crippen molar-refractivity contribution in [3.8, 4) is 5.75 Å². The van der Waals surface area contributed by atoms with Crippen LogP contribution in [0.4, 0.5) is 5.69 Å². The van der Waals surface area contributed by atoms with E-state index < -0.39 is 0 Å². The molecular weight excluding hydrogens is 330 g/mol. The average Bonchev–Trinajstić information content (AvgIpc) is 2.65. The summed E-state index contributed by atoms with van der Waals surface area (Å²) in [5.74, 6) is 0.113. The molecule has 0 spiro atoms. The van der Waals surface area contributed by atoms with Crippen LogP contribution in [0.25, 0.3) is 0 Å². The SMILES string of the molecule is COc1cn(CC(=O)Nc2ccccc2)c(CN2CCCCC2)cc1=O. The van der Waals surface area contributed by atoms with E-state index in [-0.39, 0.29) is 23.6 Å². The van der Waals surface area contributed by atoms with Crippen LogP contribution in [0.3, 0.4) is 0 Å². The normalized spacial score (nSPS) is 14.8. The molecule has 2 heterocycles. The molecule has 1 fully saturated rings. The van der Waals surface area contributed by atoms with Gasteiger partial charge in [-0.25, -0.2) is 0 Å². The van der Waals surface area contributed by atoms with Gasteiger partial charge in [0.25, 0.3) is 0 Å². The molecule has 3 rings (SSSR count). The minimum Gasteiger partial charge on any atom is -0.491 e. The van der Waals surface area contributed by atoms with Crippen molar-refractivity contribution in [2.24, 2.45) is 0 Å². The first kappa shape index (κ1) is 18.2. The highest BCUT2D eigenvalue weighted by Crippen LogP contribution is 2.15. The molecule has 1 amide bonds. The van der Waals surface area contributed by atoms with Crippen LogP contribution in [0.15, 0.2) is 47.4 Å². The summed E-state index contributed by atoms with van der Waals surface area (Å²) in [7, 11) is 1.47. The number of nitrogens with zero attached hydrogens (tertiary/aromatic N) is 2. The molecule has 0 unspecified atom stereocenters. The second-order valence-electron chi connectivity index (χ2n) is 6.58. The van der Waals surface area contributed by atoms with Crippen molar-refractivity contribution in [2.45, 2.75) is 32.4 Å². The molecular formula is C20H25N3O3. The zero-order chi connectivity index (χ0) is 18.4. The van der Waals surface area contributed by atoms with E-state index in [0.29, 0.717) is 6.54 Å². The summed E-state index contributed by atoms with van der Waals surface area (Å²) in [5, 5.41) is 2.88. The van der Waals surface area contributed by atoms with E-state index in [9.17, 15) is 9.59 Å². The van der Waals surface area contributed by atoms with Crippen molar-refractivity contribution in [2.75, 3.05) is 25.5 Å². The highest BCUT2D eigenvalue weighted by atomic mass is 16.5. The number of aromatic nitrogens is 1. The van der Waals surface area contributed by atoms with E-state index >= 15 is 0 Å². The highest BCUT2D eigenvalue weighted by molar-refractivity contribution is 5.90. The molecule has 0 radical (unpaired) electrons. The van der Waals surface area contributed by atoms with E-state index in [0.717, 1.165) is 24.5 Å². The van der Waals surface area contributed by atoms with Crippen molar-refractivity contribution in [3.05, 3.63) is 58.5 Å². The zero-order valence-electron chi connectivity index (χ0n) is 15.1. The minimum atomic E-state index is -0.153. The lowest BCUT2D eigenvalue weighted by Gasteiger charge is -2.27. The Kier molecular flexibility index (Phi) is 6.07. The quantitative estimate of drug-likeness (QED) is 0.865. The summed E-state index contributed by atoms with van der Waals surface area (Å²) in [5.41, 5.74) is 1.43. The third-order valence-corrected chi connectivity index (χ3v) is 4.61. The first-order valence-electron chi connectivity index (χ1n) is 9.00. The Labute approximate surface area is 153 Å². The van der Waals surface area contributed by atoms with Crippen molar-refractivity contribution >= 4 is 11.6 Å². The summed E-state index contributed by atoms with van der Waals surface area (Å²) in [4.78, 5) is 27.0. The van der Waals surface area contributed by atoms with Gasteiger partial charge in [0, 0.05) is 24.0 Å². The summed E-state index contributed by atoms with van der Waals surface area (Å²) < 4.78 is 6.96. The molecule has 1 aliphatic rings. The highest BCUT2D eigenvalue weighted by Gasteiger charge is 2.15. The number of rotatable bonds is 6. The van der Waals surface area contributed by atoms with Gasteiger partial charge in [-0.1, -0.05) is 24.6 Å². The molecule has 0 atom stereocenters. The molecule has 1 aromatic carbocycles. The van der Waals surface area contributed by atoms with E-state index in [4.69, 9.17) is 4.74 Å². The monoisotopic (exact) mass is 355 g/mol. The number of hydrogen-bond acceptors (Lipinski definition) is 4. The number of nitrogens with one attached hydrogen (secondary N) is 1. The van der Waals surface area contributed by atoms with Crippen LogP contribution in [-0.2, 0) is 17.9 Å². The second kappa shape index (κ2) is 8.67. The number of ether oxygens (including phenoxy) is 1. The lowest BCUT2D eigenvalue weighted by atomic mass is 10.1. The smallest absolute Gasteiger partial charge is 0.244 e. The lowest BCUT2D eigenvalue weighted by Crippen LogP contribution is -2.32. The van der Waals surface area contributed by atoms with E-state index in [2.05, 4.69) is 10.2 Å². The molecule has 2 aromatic rings. The third kappa shape index (κ3) is 4.73. The molecule has 1 aromatic heterocycles. The number of para-hydroxylation sites is 1. The summed E-state index contributed by atoms with van der Waals surface area (Å²) in [6.07, 6.45) is 5.24. The van der Waals surface area contributed by atoms with Crippen LogP contribution >= 0.6 is 0 Å². The van der Waals surface area contributed by atoms with Gasteiger partial charge in [0.15, 0.2) is 5.75 Å². The van der Waals surface area contributed by atoms with Gasteiger partial charge in [-0.15, -0.1) is 0 Å². The van der Waals surface area contributed by atoms with Crippen LogP contribution in [0, 0.1) is 0 Å². The Morgan fingerprint density at radius 3 is 2.58 bits per heavy atom. The van der Waals surface area contributed by atoms with Gasteiger partial charge in [-0.05, 0) is 38.1 Å². The summed E-state index contributed by atoms with van der Waals surface area (Å²) in [6.45, 7) is 2.85. The molecule has 1 saturated heterocycles. The second-order valence-corrected chi connectivity index (χ2v) is 6.58. The van der Waals surface area contributed by atoms with Gasteiger partial charge in [0.05, 0.1) is 13.3 Å². The molecule has 1 aliphatic heterocycles. The third-order valence-electron chi connectivity index (χ3n) is 4.61. The van der Waals surface area contributed by atoms with Crippen molar-refractivity contribution in [1.29, 1.82) is 0 Å². The predicted molar refractivity (Wildman–Crippen MR) is 101 cm³/mol. The maximum Gasteiger partial charge on any atom is 0.244 e. The largest absolute Gasteiger partial charge is 0.491 e. The maximum atomic E-state index is 12.4. The van der Waals surface area contributed by atoms with Crippen LogP contribution in [0.5, 0.6) is 5.75 Å². The molecule has 6 nitrogen and oxygen atoms in total. The fourth-order valence-electron chi connectivity index (χ4n) is 3.25. The van der Waals surface area contributed by atoms with E-state index in [1.165, 1.54) is 26.4 Å². The average molecular weight is 355 g/mol. The van der Waals surface area contributed by atoms with Crippen LogP contribution < -0.4 is 15.5 Å². The number of carbonyl (C=O) groups is 1. The van der Waals surface area contributed by atoms with Gasteiger partial charge in [0.2, 0.25) is 11.3 Å². The Balaban J connectivity index is 1.78. The summed E-state index contributed by atoms with van der Waals surface area (Å²) >= 11 is 0. The van der Waals surface area contributed by atoms with E-state index in [1.807, 2.05) is 34.9 Å². The number of carbonyl (C=O) groups excluding carboxylic acids is 1. The van der Waals surface area contributed by atoms with Gasteiger partial charge in [-0.3, -0.25) is 14.5 Å². The fraction of sp³-hybridized carbons (Fsp3) is 0.400. The Hall–Kier alpha value is -2.60. The Bertz CT molecular complexity index is 796. The minimum absolute atomic E-state index is 0.134. The van der Waals surface area contributed by atoms with Crippen molar-refractivity contribution < 1.29 is 9.53 Å².